The molecule has 2 aromatic carbocycles. The van der Waals surface area contributed by atoms with Crippen LogP contribution in [0.25, 0.3) is 0 Å². The van der Waals surface area contributed by atoms with Crippen LogP contribution in [0.5, 0.6) is 0 Å². The zero-order valence-corrected chi connectivity index (χ0v) is 26.9. The van der Waals surface area contributed by atoms with Gasteiger partial charge in [-0.2, -0.15) is 0 Å². The Kier molecular flexibility index (Phi) is 10.00. The number of carbonyl (C=O) groups is 3. The standard InChI is InChI=1S/C32H43IN4O4/c1-22(2)32(33,35-30(40)41-31(3,4)5)29(39)37-19-18-36(20-23-12-7-6-8-13-23)21-27(37)28(38)34-26-17-11-15-24-14-9-10-16-25(24)26/h6-10,12-14,16,22,26-27H,11,15,17-21H2,1-5H3,(H,34,38)(H,35,40)/t26?,27?,32-/m1/s1. The Labute approximate surface area is 257 Å². The van der Waals surface area contributed by atoms with E-state index in [1.54, 1.807) is 25.7 Å². The summed E-state index contributed by atoms with van der Waals surface area (Å²) in [5.74, 6) is -0.709. The Hall–Kier alpha value is -2.66. The molecule has 9 heteroatoms. The molecule has 0 spiro atoms. The predicted molar refractivity (Wildman–Crippen MR) is 168 cm³/mol. The fourth-order valence-electron chi connectivity index (χ4n) is 5.57. The van der Waals surface area contributed by atoms with Gasteiger partial charge in [-0.15, -0.1) is 0 Å². The Balaban J connectivity index is 1.59. The van der Waals surface area contributed by atoms with Crippen LogP contribution in [-0.2, 0) is 27.3 Å². The fourth-order valence-corrected chi connectivity index (χ4v) is 6.10. The van der Waals surface area contributed by atoms with Crippen LogP contribution in [0.1, 0.15) is 70.2 Å². The molecule has 1 saturated heterocycles. The number of alkyl carbamates (subject to hydrolysis) is 1. The van der Waals surface area contributed by atoms with Crippen LogP contribution in [-0.4, -0.2) is 62.5 Å². The molecule has 2 unspecified atom stereocenters. The van der Waals surface area contributed by atoms with Crippen LogP contribution in [0, 0.1) is 5.92 Å². The minimum Gasteiger partial charge on any atom is -0.444 e. The van der Waals surface area contributed by atoms with Gasteiger partial charge in [0.2, 0.25) is 5.91 Å². The van der Waals surface area contributed by atoms with E-state index >= 15 is 0 Å². The molecule has 0 saturated carbocycles. The number of hydrogen-bond acceptors (Lipinski definition) is 5. The lowest BCUT2D eigenvalue weighted by Crippen LogP contribution is -2.67. The molecule has 1 heterocycles. The summed E-state index contributed by atoms with van der Waals surface area (Å²) >= 11 is 2.02. The van der Waals surface area contributed by atoms with Gasteiger partial charge >= 0.3 is 6.09 Å². The van der Waals surface area contributed by atoms with Crippen molar-refractivity contribution in [2.24, 2.45) is 5.92 Å². The molecule has 0 aromatic heterocycles. The quantitative estimate of drug-likeness (QED) is 0.240. The topological polar surface area (TPSA) is 91.0 Å². The molecule has 2 aliphatic rings. The lowest BCUT2D eigenvalue weighted by molar-refractivity contribution is -0.147. The molecule has 41 heavy (non-hydrogen) atoms. The van der Waals surface area contributed by atoms with Gasteiger partial charge in [0.1, 0.15) is 11.6 Å². The lowest BCUT2D eigenvalue weighted by atomic mass is 9.87. The van der Waals surface area contributed by atoms with Crippen molar-refractivity contribution in [3.05, 3.63) is 71.3 Å². The van der Waals surface area contributed by atoms with E-state index in [2.05, 4.69) is 39.8 Å². The first-order chi connectivity index (χ1) is 19.4. The molecular formula is C32H43IN4O4. The number of piperazine rings is 1. The molecular weight excluding hydrogens is 631 g/mol. The number of carbonyl (C=O) groups excluding carboxylic acids is 3. The van der Waals surface area contributed by atoms with Crippen molar-refractivity contribution in [1.29, 1.82) is 0 Å². The number of alkyl halides is 1. The Morgan fingerprint density at radius 3 is 2.39 bits per heavy atom. The van der Waals surface area contributed by atoms with Crippen molar-refractivity contribution in [2.75, 3.05) is 19.6 Å². The highest BCUT2D eigenvalue weighted by Gasteiger charge is 2.48. The van der Waals surface area contributed by atoms with E-state index < -0.39 is 21.3 Å². The first-order valence-electron chi connectivity index (χ1n) is 14.5. The van der Waals surface area contributed by atoms with Crippen molar-refractivity contribution < 1.29 is 19.1 Å². The average molecular weight is 675 g/mol. The lowest BCUT2D eigenvalue weighted by Gasteiger charge is -2.45. The maximum absolute atomic E-state index is 14.3. The number of halogens is 1. The summed E-state index contributed by atoms with van der Waals surface area (Å²) in [5, 5.41) is 6.13. The molecule has 8 nitrogen and oxygen atoms in total. The first kappa shape index (κ1) is 31.3. The van der Waals surface area contributed by atoms with E-state index in [0.717, 1.165) is 30.4 Å². The molecule has 2 N–H and O–H groups in total. The summed E-state index contributed by atoms with van der Waals surface area (Å²) in [4.78, 5) is 45.0. The van der Waals surface area contributed by atoms with Gasteiger partial charge in [0.25, 0.3) is 5.91 Å². The summed E-state index contributed by atoms with van der Waals surface area (Å²) in [6.45, 7) is 11.2. The van der Waals surface area contributed by atoms with E-state index in [4.69, 9.17) is 4.74 Å². The van der Waals surface area contributed by atoms with Crippen molar-refractivity contribution in [1.82, 2.24) is 20.4 Å². The monoisotopic (exact) mass is 674 g/mol. The van der Waals surface area contributed by atoms with Crippen molar-refractivity contribution in [3.8, 4) is 0 Å². The fraction of sp³-hybridized carbons (Fsp3) is 0.531. The molecule has 3 amide bonds. The third-order valence-corrected chi connectivity index (χ3v) is 9.73. The van der Waals surface area contributed by atoms with Gasteiger partial charge < -0.3 is 15.0 Å². The Bertz CT molecular complexity index is 1230. The van der Waals surface area contributed by atoms with Crippen LogP contribution >= 0.6 is 22.6 Å². The molecule has 3 atom stereocenters. The molecule has 4 rings (SSSR count). The third kappa shape index (κ3) is 7.80. The zero-order chi connectivity index (χ0) is 29.8. The largest absolute Gasteiger partial charge is 0.444 e. The number of nitrogens with one attached hydrogen (secondary N) is 2. The highest BCUT2D eigenvalue weighted by atomic mass is 127. The molecule has 1 fully saturated rings. The number of nitrogens with zero attached hydrogens (tertiary/aromatic N) is 2. The smallest absolute Gasteiger partial charge is 0.409 e. The van der Waals surface area contributed by atoms with Gasteiger partial charge in [-0.3, -0.25) is 19.8 Å². The SMILES string of the molecule is CC(C)[C@@](I)(NC(=O)OC(C)(C)C)C(=O)N1CCN(Cc2ccccc2)CC1C(=O)NC1CCCc2ccccc21. The van der Waals surface area contributed by atoms with E-state index in [9.17, 15) is 14.4 Å². The second-order valence-corrected chi connectivity index (χ2v) is 14.1. The van der Waals surface area contributed by atoms with Gasteiger partial charge in [0, 0.05) is 26.2 Å². The number of ether oxygens (including phenoxy) is 1. The first-order valence-corrected chi connectivity index (χ1v) is 15.6. The number of hydrogen-bond donors (Lipinski definition) is 2. The summed E-state index contributed by atoms with van der Waals surface area (Å²) in [5.41, 5.74) is 2.87. The Morgan fingerprint density at radius 1 is 1.02 bits per heavy atom. The van der Waals surface area contributed by atoms with Crippen LogP contribution < -0.4 is 10.6 Å². The second-order valence-electron chi connectivity index (χ2n) is 12.4. The minimum absolute atomic E-state index is 0.0942. The van der Waals surface area contributed by atoms with Crippen molar-refractivity contribution >= 4 is 40.5 Å². The molecule has 1 aliphatic heterocycles. The summed E-state index contributed by atoms with van der Waals surface area (Å²) in [6.07, 6.45) is 2.21. The minimum atomic E-state index is -1.28. The van der Waals surface area contributed by atoms with Gasteiger partial charge in [0.05, 0.1) is 6.04 Å². The van der Waals surface area contributed by atoms with Gasteiger partial charge in [0.15, 0.2) is 3.55 Å². The molecule has 1 aliphatic carbocycles. The van der Waals surface area contributed by atoms with Gasteiger partial charge in [-0.1, -0.05) is 68.4 Å². The van der Waals surface area contributed by atoms with Gasteiger partial charge in [-0.05, 0) is 85.2 Å². The highest BCUT2D eigenvalue weighted by Crippen LogP contribution is 2.32. The van der Waals surface area contributed by atoms with E-state index in [0.29, 0.717) is 26.2 Å². The van der Waals surface area contributed by atoms with E-state index in [-0.39, 0.29) is 23.8 Å². The number of benzene rings is 2. The van der Waals surface area contributed by atoms with E-state index in [1.165, 1.54) is 5.56 Å². The highest BCUT2D eigenvalue weighted by molar-refractivity contribution is 14.1. The van der Waals surface area contributed by atoms with Crippen LogP contribution in [0.3, 0.4) is 0 Å². The van der Waals surface area contributed by atoms with Crippen molar-refractivity contribution in [3.63, 3.8) is 0 Å². The predicted octanol–water partition coefficient (Wildman–Crippen LogP) is 5.21. The number of amides is 3. The maximum atomic E-state index is 14.3. The normalized spacial score (nSPS) is 21.0. The second kappa shape index (κ2) is 13.1. The summed E-state index contributed by atoms with van der Waals surface area (Å²) < 4.78 is 4.22. The molecule has 222 valence electrons. The Morgan fingerprint density at radius 2 is 1.71 bits per heavy atom. The molecule has 2 aromatic rings. The third-order valence-electron chi connectivity index (χ3n) is 7.75. The van der Waals surface area contributed by atoms with Crippen molar-refractivity contribution in [2.45, 2.75) is 81.7 Å². The van der Waals surface area contributed by atoms with Crippen LogP contribution in [0.15, 0.2) is 54.6 Å². The van der Waals surface area contributed by atoms with Crippen LogP contribution in [0.2, 0.25) is 0 Å². The average Bonchev–Trinajstić information content (AvgIpc) is 2.92. The van der Waals surface area contributed by atoms with Crippen LogP contribution in [0.4, 0.5) is 4.79 Å². The summed E-state index contributed by atoms with van der Waals surface area (Å²) in [6, 6.07) is 17.6. The maximum Gasteiger partial charge on any atom is 0.409 e. The number of rotatable bonds is 7. The van der Waals surface area contributed by atoms with E-state index in [1.807, 2.05) is 66.8 Å². The molecule has 0 radical (unpaired) electrons. The number of fused-ring (bicyclic) bond motifs is 1. The summed E-state index contributed by atoms with van der Waals surface area (Å²) in [7, 11) is 0. The molecule has 0 bridgehead atoms. The number of aryl methyl sites for hydroxylation is 1. The zero-order valence-electron chi connectivity index (χ0n) is 24.8. The van der Waals surface area contributed by atoms with Gasteiger partial charge in [-0.25, -0.2) is 4.79 Å².